The molecule has 158 valence electrons. The molecule has 1 saturated heterocycles. The quantitative estimate of drug-likeness (QED) is 0.766. The van der Waals surface area contributed by atoms with Crippen molar-refractivity contribution < 1.29 is 31.8 Å². The number of nitrogens with one attached hydrogen (secondary N) is 1. The molecule has 0 radical (unpaired) electrons. The standard InChI is InChI=1S/C18H25F4N3O3/c1-10-9-25(16(26)28-17(3,4)5)14(11(2)27-10)8-24-15-13(19)6-12(7-23-15)18(20,21)22/h6-7,10-11,14H,8-9H2,1-5H3,(H,23,24)/t10-,11+,14-/m1/s1. The first-order chi connectivity index (χ1) is 12.8. The number of amides is 1. The molecule has 1 fully saturated rings. The molecule has 10 heteroatoms. The van der Waals surface area contributed by atoms with E-state index >= 15 is 0 Å². The van der Waals surface area contributed by atoms with Crippen LogP contribution in [-0.4, -0.2) is 52.9 Å². The summed E-state index contributed by atoms with van der Waals surface area (Å²) in [5.41, 5.74) is -1.87. The van der Waals surface area contributed by atoms with E-state index < -0.39 is 41.4 Å². The lowest BCUT2D eigenvalue weighted by atomic mass is 10.1. The predicted molar refractivity (Wildman–Crippen MR) is 94.4 cm³/mol. The van der Waals surface area contributed by atoms with Gasteiger partial charge >= 0.3 is 12.3 Å². The highest BCUT2D eigenvalue weighted by Crippen LogP contribution is 2.30. The third-order valence-electron chi connectivity index (χ3n) is 4.12. The number of pyridine rings is 1. The van der Waals surface area contributed by atoms with Crippen LogP contribution in [0.3, 0.4) is 0 Å². The van der Waals surface area contributed by atoms with E-state index in [1.165, 1.54) is 4.90 Å². The van der Waals surface area contributed by atoms with Crippen molar-refractivity contribution in [3.63, 3.8) is 0 Å². The number of nitrogens with zero attached hydrogens (tertiary/aromatic N) is 2. The molecule has 1 aromatic rings. The molecule has 0 unspecified atom stereocenters. The number of hydrogen-bond acceptors (Lipinski definition) is 5. The second kappa shape index (κ2) is 8.10. The van der Waals surface area contributed by atoms with Crippen LogP contribution in [0, 0.1) is 5.82 Å². The molecule has 1 aromatic heterocycles. The van der Waals surface area contributed by atoms with Crippen molar-refractivity contribution in [2.24, 2.45) is 0 Å². The van der Waals surface area contributed by atoms with Gasteiger partial charge in [-0.05, 0) is 40.7 Å². The molecule has 1 amide bonds. The van der Waals surface area contributed by atoms with Crippen LogP contribution in [-0.2, 0) is 15.7 Å². The van der Waals surface area contributed by atoms with Gasteiger partial charge in [0.05, 0.1) is 30.4 Å². The van der Waals surface area contributed by atoms with Crippen LogP contribution in [0.5, 0.6) is 0 Å². The molecule has 28 heavy (non-hydrogen) atoms. The molecule has 0 bridgehead atoms. The van der Waals surface area contributed by atoms with Crippen LogP contribution in [0.1, 0.15) is 40.2 Å². The van der Waals surface area contributed by atoms with Crippen LogP contribution >= 0.6 is 0 Å². The Morgan fingerprint density at radius 1 is 1.36 bits per heavy atom. The smallest absolute Gasteiger partial charge is 0.417 e. The van der Waals surface area contributed by atoms with Crippen molar-refractivity contribution in [1.82, 2.24) is 9.88 Å². The van der Waals surface area contributed by atoms with Gasteiger partial charge in [0.1, 0.15) is 5.60 Å². The van der Waals surface area contributed by atoms with E-state index in [2.05, 4.69) is 10.3 Å². The maximum Gasteiger partial charge on any atom is 0.417 e. The van der Waals surface area contributed by atoms with Crippen molar-refractivity contribution >= 4 is 11.9 Å². The van der Waals surface area contributed by atoms with E-state index in [1.54, 1.807) is 27.7 Å². The largest absolute Gasteiger partial charge is 0.444 e. The molecule has 1 aliphatic rings. The first-order valence-electron chi connectivity index (χ1n) is 8.89. The molecule has 6 nitrogen and oxygen atoms in total. The topological polar surface area (TPSA) is 63.7 Å². The van der Waals surface area contributed by atoms with Crippen molar-refractivity contribution in [3.05, 3.63) is 23.6 Å². The fourth-order valence-electron chi connectivity index (χ4n) is 2.90. The molecular weight excluding hydrogens is 382 g/mol. The number of hydrogen-bond donors (Lipinski definition) is 1. The Bertz CT molecular complexity index is 706. The van der Waals surface area contributed by atoms with Gasteiger partial charge in [0, 0.05) is 12.7 Å². The number of halogens is 4. The zero-order chi connectivity index (χ0) is 21.3. The number of rotatable bonds is 3. The van der Waals surface area contributed by atoms with Gasteiger partial charge in [-0.3, -0.25) is 4.90 Å². The maximum absolute atomic E-state index is 14.0. The summed E-state index contributed by atoms with van der Waals surface area (Å²) in [5, 5.41) is 2.67. The van der Waals surface area contributed by atoms with Gasteiger partial charge in [-0.2, -0.15) is 13.2 Å². The molecular formula is C18H25F4N3O3. The molecule has 0 aliphatic carbocycles. The molecule has 1 aliphatic heterocycles. The number of ether oxygens (including phenoxy) is 2. The minimum Gasteiger partial charge on any atom is -0.444 e. The first kappa shape index (κ1) is 22.2. The van der Waals surface area contributed by atoms with Crippen LogP contribution in [0.15, 0.2) is 12.3 Å². The summed E-state index contributed by atoms with van der Waals surface area (Å²) in [6.45, 7) is 9.11. The van der Waals surface area contributed by atoms with Gasteiger partial charge in [0.25, 0.3) is 0 Å². The SMILES string of the molecule is C[C@@H]1CN(C(=O)OC(C)(C)C)[C@H](CNc2ncc(C(F)(F)F)cc2F)[C@H](C)O1. The van der Waals surface area contributed by atoms with Crippen molar-refractivity contribution in [2.75, 3.05) is 18.4 Å². The summed E-state index contributed by atoms with van der Waals surface area (Å²) >= 11 is 0. The minimum atomic E-state index is -4.68. The highest BCUT2D eigenvalue weighted by molar-refractivity contribution is 5.69. The van der Waals surface area contributed by atoms with E-state index in [9.17, 15) is 22.4 Å². The Hall–Kier alpha value is -2.10. The third-order valence-corrected chi connectivity index (χ3v) is 4.12. The van der Waals surface area contributed by atoms with E-state index in [4.69, 9.17) is 9.47 Å². The second-order valence-electron chi connectivity index (χ2n) is 7.78. The predicted octanol–water partition coefficient (Wildman–Crippen LogP) is 4.06. The summed E-state index contributed by atoms with van der Waals surface area (Å²) in [6.07, 6.45) is -5.29. The van der Waals surface area contributed by atoms with E-state index in [0.29, 0.717) is 12.3 Å². The highest BCUT2D eigenvalue weighted by Gasteiger charge is 2.38. The van der Waals surface area contributed by atoms with E-state index in [0.717, 1.165) is 0 Å². The maximum atomic E-state index is 14.0. The van der Waals surface area contributed by atoms with E-state index in [-0.39, 0.29) is 25.0 Å². The van der Waals surface area contributed by atoms with Crippen LogP contribution in [0.4, 0.5) is 28.2 Å². The highest BCUT2D eigenvalue weighted by atomic mass is 19.4. The van der Waals surface area contributed by atoms with Gasteiger partial charge in [-0.25, -0.2) is 14.2 Å². The number of alkyl halides is 3. The molecule has 0 aromatic carbocycles. The fourth-order valence-corrected chi connectivity index (χ4v) is 2.90. The molecule has 0 spiro atoms. The summed E-state index contributed by atoms with van der Waals surface area (Å²) in [7, 11) is 0. The second-order valence-corrected chi connectivity index (χ2v) is 7.78. The van der Waals surface area contributed by atoms with Gasteiger partial charge < -0.3 is 14.8 Å². The molecule has 3 atom stereocenters. The number of carbonyl (C=O) groups is 1. The van der Waals surface area contributed by atoms with Gasteiger partial charge in [-0.15, -0.1) is 0 Å². The average molecular weight is 407 g/mol. The zero-order valence-electron chi connectivity index (χ0n) is 16.4. The lowest BCUT2D eigenvalue weighted by molar-refractivity contribution is -0.138. The molecule has 0 saturated carbocycles. The summed E-state index contributed by atoms with van der Waals surface area (Å²) in [4.78, 5) is 17.6. The normalized spacial score (nSPS) is 23.5. The molecule has 2 heterocycles. The van der Waals surface area contributed by atoms with E-state index in [1.807, 2.05) is 6.92 Å². The zero-order valence-corrected chi connectivity index (χ0v) is 16.4. The average Bonchev–Trinajstić information content (AvgIpc) is 2.51. The number of carbonyl (C=O) groups excluding carboxylic acids is 1. The molecule has 1 N–H and O–H groups in total. The minimum absolute atomic E-state index is 0.0302. The summed E-state index contributed by atoms with van der Waals surface area (Å²) in [6, 6.07) is -0.140. The first-order valence-corrected chi connectivity index (χ1v) is 8.89. The van der Waals surface area contributed by atoms with Crippen LogP contribution in [0.2, 0.25) is 0 Å². The number of aromatic nitrogens is 1. The van der Waals surface area contributed by atoms with Crippen LogP contribution < -0.4 is 5.32 Å². The number of morpholine rings is 1. The Morgan fingerprint density at radius 2 is 2.00 bits per heavy atom. The lowest BCUT2D eigenvalue weighted by Gasteiger charge is -2.43. The Balaban J connectivity index is 2.14. The summed E-state index contributed by atoms with van der Waals surface area (Å²) in [5.74, 6) is -1.46. The fraction of sp³-hybridized carbons (Fsp3) is 0.667. The van der Waals surface area contributed by atoms with Crippen molar-refractivity contribution in [2.45, 2.75) is 64.6 Å². The Kier molecular flexibility index (Phi) is 6.42. The molecule has 2 rings (SSSR count). The van der Waals surface area contributed by atoms with Crippen LogP contribution in [0.25, 0.3) is 0 Å². The monoisotopic (exact) mass is 407 g/mol. The van der Waals surface area contributed by atoms with Crippen molar-refractivity contribution in [3.8, 4) is 0 Å². The Morgan fingerprint density at radius 3 is 2.54 bits per heavy atom. The summed E-state index contributed by atoms with van der Waals surface area (Å²) < 4.78 is 63.1. The van der Waals surface area contributed by atoms with Gasteiger partial charge in [-0.1, -0.05) is 0 Å². The van der Waals surface area contributed by atoms with Gasteiger partial charge in [0.2, 0.25) is 0 Å². The number of anilines is 1. The third kappa shape index (κ3) is 5.70. The van der Waals surface area contributed by atoms with Gasteiger partial charge in [0.15, 0.2) is 11.6 Å². The Labute approximate surface area is 161 Å². The lowest BCUT2D eigenvalue weighted by Crippen LogP contribution is -2.58. The van der Waals surface area contributed by atoms with Crippen molar-refractivity contribution in [1.29, 1.82) is 0 Å².